The maximum Gasteiger partial charge on any atom is 0.295 e. The van der Waals surface area contributed by atoms with Crippen LogP contribution in [0, 0.1) is 6.92 Å². The largest absolute Gasteiger partial charge is 0.507 e. The molecule has 0 spiro atoms. The molecule has 8 heteroatoms. The summed E-state index contributed by atoms with van der Waals surface area (Å²) in [6.07, 6.45) is 3.26. The second-order valence-corrected chi connectivity index (χ2v) is 10.0. The average molecular weight is 559 g/mol. The van der Waals surface area contributed by atoms with Crippen molar-refractivity contribution in [2.24, 2.45) is 0 Å². The van der Waals surface area contributed by atoms with Gasteiger partial charge < -0.3 is 14.7 Å². The van der Waals surface area contributed by atoms with E-state index in [1.807, 2.05) is 43.3 Å². The number of ether oxygens (including phenoxy) is 1. The number of aliphatic hydroxyl groups is 1. The van der Waals surface area contributed by atoms with Crippen LogP contribution in [0.5, 0.6) is 5.75 Å². The highest BCUT2D eigenvalue weighted by atomic mass is 35.5. The summed E-state index contributed by atoms with van der Waals surface area (Å²) in [6.45, 7) is 2.32. The lowest BCUT2D eigenvalue weighted by Gasteiger charge is -2.25. The predicted octanol–water partition coefficient (Wildman–Crippen LogP) is 6.90. The van der Waals surface area contributed by atoms with Crippen LogP contribution in [0.3, 0.4) is 0 Å². The molecular weight excluding hydrogens is 535 g/mol. The van der Waals surface area contributed by atoms with E-state index >= 15 is 0 Å². The van der Waals surface area contributed by atoms with E-state index in [0.717, 1.165) is 11.1 Å². The number of likely N-dealkylation sites (tertiary alicyclic amines) is 1. The van der Waals surface area contributed by atoms with Gasteiger partial charge >= 0.3 is 0 Å². The molecule has 1 amide bonds. The number of pyridine rings is 1. The Balaban J connectivity index is 1.54. The molecule has 0 aliphatic carbocycles. The van der Waals surface area contributed by atoms with Crippen molar-refractivity contribution in [3.05, 3.63) is 135 Å². The van der Waals surface area contributed by atoms with Gasteiger partial charge in [-0.05, 0) is 65.6 Å². The molecule has 3 aromatic carbocycles. The fourth-order valence-electron chi connectivity index (χ4n) is 4.64. The Labute approximate surface area is 236 Å². The highest BCUT2D eigenvalue weighted by Crippen LogP contribution is 2.42. The van der Waals surface area contributed by atoms with Crippen molar-refractivity contribution in [1.29, 1.82) is 0 Å². The quantitative estimate of drug-likeness (QED) is 0.151. The van der Waals surface area contributed by atoms with Crippen LogP contribution in [0.1, 0.15) is 33.9 Å². The van der Waals surface area contributed by atoms with E-state index in [9.17, 15) is 14.7 Å². The van der Waals surface area contributed by atoms with Gasteiger partial charge in [-0.1, -0.05) is 65.7 Å². The normalized spacial score (nSPS) is 16.5. The molecule has 5 rings (SSSR count). The number of nitrogens with zero attached hydrogens (tertiary/aromatic N) is 2. The van der Waals surface area contributed by atoms with Gasteiger partial charge in [0.25, 0.3) is 11.7 Å². The summed E-state index contributed by atoms with van der Waals surface area (Å²) in [4.78, 5) is 32.2. The van der Waals surface area contributed by atoms with Gasteiger partial charge in [0.05, 0.1) is 21.7 Å². The number of amides is 1. The molecule has 1 fully saturated rings. The number of rotatable bonds is 7. The average Bonchev–Trinajstić information content (AvgIpc) is 3.19. The van der Waals surface area contributed by atoms with Crippen molar-refractivity contribution < 1.29 is 19.4 Å². The number of halogens is 2. The molecule has 1 aromatic heterocycles. The number of ketones is 1. The zero-order chi connectivity index (χ0) is 27.5. The smallest absolute Gasteiger partial charge is 0.295 e. The third-order valence-corrected chi connectivity index (χ3v) is 7.32. The Hall–Kier alpha value is -4.13. The summed E-state index contributed by atoms with van der Waals surface area (Å²) >= 11 is 12.5. The second kappa shape index (κ2) is 11.3. The first-order valence-electron chi connectivity index (χ1n) is 12.2. The molecule has 0 saturated carbocycles. The number of hydrogen-bond acceptors (Lipinski definition) is 5. The van der Waals surface area contributed by atoms with Crippen LogP contribution in [-0.2, 0) is 22.7 Å². The summed E-state index contributed by atoms with van der Waals surface area (Å²) in [7, 11) is 0. The van der Waals surface area contributed by atoms with Gasteiger partial charge in [0.2, 0.25) is 0 Å². The number of aryl methyl sites for hydroxylation is 1. The van der Waals surface area contributed by atoms with E-state index in [4.69, 9.17) is 27.9 Å². The maximum absolute atomic E-state index is 13.4. The second-order valence-electron chi connectivity index (χ2n) is 9.21. The Bertz CT molecular complexity index is 1570. The molecule has 4 aromatic rings. The zero-order valence-corrected chi connectivity index (χ0v) is 22.5. The molecular formula is C31H24Cl2N2O4. The predicted molar refractivity (Wildman–Crippen MR) is 150 cm³/mol. The molecule has 1 N–H and O–H groups in total. The highest BCUT2D eigenvalue weighted by Gasteiger charge is 2.46. The van der Waals surface area contributed by atoms with Crippen molar-refractivity contribution in [2.75, 3.05) is 0 Å². The molecule has 0 bridgehead atoms. The third-order valence-electron chi connectivity index (χ3n) is 6.58. The zero-order valence-electron chi connectivity index (χ0n) is 21.0. The molecule has 1 atom stereocenters. The number of aliphatic hydroxyl groups excluding tert-OH is 1. The number of hydrogen-bond donors (Lipinski definition) is 1. The highest BCUT2D eigenvalue weighted by molar-refractivity contribution is 6.46. The van der Waals surface area contributed by atoms with E-state index in [2.05, 4.69) is 4.98 Å². The van der Waals surface area contributed by atoms with Crippen LogP contribution in [-0.4, -0.2) is 26.7 Å². The molecule has 2 heterocycles. The van der Waals surface area contributed by atoms with Gasteiger partial charge in [-0.2, -0.15) is 0 Å². The van der Waals surface area contributed by atoms with Gasteiger partial charge in [0, 0.05) is 24.5 Å². The van der Waals surface area contributed by atoms with E-state index in [1.54, 1.807) is 54.9 Å². The van der Waals surface area contributed by atoms with Gasteiger partial charge in [-0.25, -0.2) is 0 Å². The molecule has 196 valence electrons. The minimum absolute atomic E-state index is 0.0247. The van der Waals surface area contributed by atoms with Crippen LogP contribution in [0.15, 0.2) is 96.8 Å². The number of carbonyl (C=O) groups excluding carboxylic acids is 2. The lowest BCUT2D eigenvalue weighted by Crippen LogP contribution is -2.29. The number of benzene rings is 3. The summed E-state index contributed by atoms with van der Waals surface area (Å²) in [6, 6.07) is 22.6. The fraction of sp³-hybridized carbons (Fsp3) is 0.129. The number of aromatic nitrogens is 1. The Morgan fingerprint density at radius 3 is 2.41 bits per heavy atom. The Morgan fingerprint density at radius 2 is 1.72 bits per heavy atom. The topological polar surface area (TPSA) is 79.7 Å². The molecule has 0 unspecified atom stereocenters. The van der Waals surface area contributed by atoms with Crippen LogP contribution < -0.4 is 4.74 Å². The monoisotopic (exact) mass is 558 g/mol. The first-order chi connectivity index (χ1) is 18.8. The van der Waals surface area contributed by atoms with E-state index in [1.165, 1.54) is 4.90 Å². The van der Waals surface area contributed by atoms with E-state index < -0.39 is 17.7 Å². The lowest BCUT2D eigenvalue weighted by molar-refractivity contribution is -0.140. The van der Waals surface area contributed by atoms with Crippen molar-refractivity contribution in [1.82, 2.24) is 9.88 Å². The molecule has 6 nitrogen and oxygen atoms in total. The third kappa shape index (κ3) is 5.53. The van der Waals surface area contributed by atoms with Crippen molar-refractivity contribution >= 4 is 40.7 Å². The summed E-state index contributed by atoms with van der Waals surface area (Å²) in [5, 5.41) is 12.1. The molecule has 1 aliphatic rings. The van der Waals surface area contributed by atoms with Crippen LogP contribution in [0.4, 0.5) is 0 Å². The number of Topliss-reactive ketones (excluding diaryl/α,β-unsaturated/α-hetero) is 1. The van der Waals surface area contributed by atoms with E-state index in [0.29, 0.717) is 34.1 Å². The fourth-order valence-corrected chi connectivity index (χ4v) is 4.94. The molecule has 0 radical (unpaired) electrons. The Kier molecular flexibility index (Phi) is 7.68. The molecule has 1 saturated heterocycles. The summed E-state index contributed by atoms with van der Waals surface area (Å²) < 4.78 is 5.91. The van der Waals surface area contributed by atoms with Crippen molar-refractivity contribution in [3.63, 3.8) is 0 Å². The van der Waals surface area contributed by atoms with Crippen LogP contribution >= 0.6 is 23.2 Å². The van der Waals surface area contributed by atoms with Crippen LogP contribution in [0.2, 0.25) is 10.0 Å². The first kappa shape index (κ1) is 26.5. The standard InChI is InChI=1S/C31H24Cl2N2O4/c1-19-14-23(39-18-20-6-3-2-4-7-20)10-11-24(19)29(36)27-28(22-9-12-25(32)26(33)15-22)35(31(38)30(27)37)17-21-8-5-13-34-16-21/h2-16,28,36H,17-18H2,1H3/t28-/m1/s1. The molecule has 1 aliphatic heterocycles. The van der Waals surface area contributed by atoms with Crippen molar-refractivity contribution in [3.8, 4) is 5.75 Å². The number of carbonyl (C=O) groups is 2. The SMILES string of the molecule is Cc1cc(OCc2ccccc2)ccc1C(O)=C1C(=O)C(=O)N(Cc2cccnc2)[C@@H]1c1ccc(Cl)c(Cl)c1. The van der Waals surface area contributed by atoms with Gasteiger partial charge in [-0.3, -0.25) is 14.6 Å². The van der Waals surface area contributed by atoms with Crippen LogP contribution in [0.25, 0.3) is 5.76 Å². The van der Waals surface area contributed by atoms with E-state index in [-0.39, 0.29) is 22.9 Å². The van der Waals surface area contributed by atoms with Gasteiger partial charge in [0.15, 0.2) is 0 Å². The summed E-state index contributed by atoms with van der Waals surface area (Å²) in [5.74, 6) is -1.16. The van der Waals surface area contributed by atoms with Gasteiger partial charge in [-0.15, -0.1) is 0 Å². The minimum atomic E-state index is -0.881. The van der Waals surface area contributed by atoms with Gasteiger partial charge in [0.1, 0.15) is 18.1 Å². The molecule has 39 heavy (non-hydrogen) atoms. The first-order valence-corrected chi connectivity index (χ1v) is 13.0. The minimum Gasteiger partial charge on any atom is -0.507 e. The Morgan fingerprint density at radius 1 is 0.949 bits per heavy atom. The maximum atomic E-state index is 13.4. The lowest BCUT2D eigenvalue weighted by atomic mass is 9.93. The van der Waals surface area contributed by atoms with Crippen molar-refractivity contribution in [2.45, 2.75) is 26.1 Å². The summed E-state index contributed by atoms with van der Waals surface area (Å²) in [5.41, 5.74) is 3.40.